The zero-order valence-electron chi connectivity index (χ0n) is 11.4. The third-order valence-electron chi connectivity index (χ3n) is 3.10. The summed E-state index contributed by atoms with van der Waals surface area (Å²) in [5.41, 5.74) is 2.11. The van der Waals surface area contributed by atoms with Gasteiger partial charge in [-0.2, -0.15) is 10.2 Å². The molecular weight excluding hydrogens is 252 g/mol. The number of pyridine rings is 1. The van der Waals surface area contributed by atoms with Gasteiger partial charge in [-0.25, -0.2) is 9.67 Å². The number of aromatic nitrogens is 5. The van der Waals surface area contributed by atoms with Crippen LogP contribution in [0.2, 0.25) is 0 Å². The van der Waals surface area contributed by atoms with E-state index in [0.29, 0.717) is 0 Å². The topological polar surface area (TPSA) is 60.6 Å². The Morgan fingerprint density at radius 1 is 1.20 bits per heavy atom. The molecule has 0 spiro atoms. The molecule has 0 fully saturated rings. The third kappa shape index (κ3) is 2.54. The highest BCUT2D eigenvalue weighted by Crippen LogP contribution is 2.18. The molecule has 3 aromatic heterocycles. The van der Waals surface area contributed by atoms with Gasteiger partial charge >= 0.3 is 0 Å². The minimum atomic E-state index is 0.182. The summed E-state index contributed by atoms with van der Waals surface area (Å²) in [6.45, 7) is 2.10. The van der Waals surface area contributed by atoms with E-state index in [1.54, 1.807) is 15.6 Å². The van der Waals surface area contributed by atoms with Crippen molar-refractivity contribution >= 4 is 5.69 Å². The van der Waals surface area contributed by atoms with Crippen molar-refractivity contribution in [1.82, 2.24) is 24.5 Å². The second kappa shape index (κ2) is 5.16. The van der Waals surface area contributed by atoms with E-state index in [2.05, 4.69) is 27.4 Å². The van der Waals surface area contributed by atoms with Crippen LogP contribution in [0.5, 0.6) is 0 Å². The molecule has 6 heteroatoms. The first-order valence-electron chi connectivity index (χ1n) is 6.43. The maximum Gasteiger partial charge on any atom is 0.153 e. The Bertz CT molecular complexity index is 668. The molecular formula is C14H16N6. The van der Waals surface area contributed by atoms with Crippen molar-refractivity contribution in [3.05, 3.63) is 54.7 Å². The predicted molar refractivity (Wildman–Crippen MR) is 76.6 cm³/mol. The SMILES string of the molecule is CC(Nc1ccc(-n2cccn2)nc1)c1cnn(C)c1. The van der Waals surface area contributed by atoms with Crippen molar-refractivity contribution in [3.63, 3.8) is 0 Å². The molecule has 0 bridgehead atoms. The third-order valence-corrected chi connectivity index (χ3v) is 3.10. The molecule has 0 aliphatic heterocycles. The molecule has 20 heavy (non-hydrogen) atoms. The highest BCUT2D eigenvalue weighted by atomic mass is 15.3. The quantitative estimate of drug-likeness (QED) is 0.787. The lowest BCUT2D eigenvalue weighted by molar-refractivity contribution is 0.765. The van der Waals surface area contributed by atoms with E-state index in [4.69, 9.17) is 0 Å². The summed E-state index contributed by atoms with van der Waals surface area (Å²) in [6, 6.07) is 5.99. The van der Waals surface area contributed by atoms with E-state index in [9.17, 15) is 0 Å². The van der Waals surface area contributed by atoms with E-state index < -0.39 is 0 Å². The summed E-state index contributed by atoms with van der Waals surface area (Å²) in [5, 5.41) is 11.7. The number of hydrogen-bond acceptors (Lipinski definition) is 4. The van der Waals surface area contributed by atoms with Crippen LogP contribution < -0.4 is 5.32 Å². The monoisotopic (exact) mass is 268 g/mol. The van der Waals surface area contributed by atoms with E-state index >= 15 is 0 Å². The summed E-state index contributed by atoms with van der Waals surface area (Å²) in [5.74, 6) is 0.801. The molecule has 0 saturated heterocycles. The van der Waals surface area contributed by atoms with E-state index in [0.717, 1.165) is 17.1 Å². The van der Waals surface area contributed by atoms with Gasteiger partial charge in [0.1, 0.15) is 0 Å². The molecule has 0 aliphatic carbocycles. The van der Waals surface area contributed by atoms with Crippen LogP contribution in [-0.4, -0.2) is 24.5 Å². The van der Waals surface area contributed by atoms with Gasteiger partial charge in [0.15, 0.2) is 5.82 Å². The van der Waals surface area contributed by atoms with Crippen LogP contribution in [0.15, 0.2) is 49.2 Å². The Morgan fingerprint density at radius 2 is 2.10 bits per heavy atom. The average molecular weight is 268 g/mol. The summed E-state index contributed by atoms with van der Waals surface area (Å²) in [7, 11) is 1.91. The number of nitrogens with zero attached hydrogens (tertiary/aromatic N) is 5. The predicted octanol–water partition coefficient (Wildman–Crippen LogP) is 2.17. The maximum atomic E-state index is 4.39. The van der Waals surface area contributed by atoms with Gasteiger partial charge in [0.25, 0.3) is 0 Å². The van der Waals surface area contributed by atoms with Crippen LogP contribution in [0.4, 0.5) is 5.69 Å². The number of rotatable bonds is 4. The van der Waals surface area contributed by atoms with Gasteiger partial charge < -0.3 is 5.32 Å². The smallest absolute Gasteiger partial charge is 0.153 e. The number of aryl methyl sites for hydroxylation is 1. The van der Waals surface area contributed by atoms with Gasteiger partial charge in [-0.05, 0) is 25.1 Å². The number of hydrogen-bond donors (Lipinski definition) is 1. The van der Waals surface area contributed by atoms with Gasteiger partial charge in [-0.3, -0.25) is 4.68 Å². The first-order chi connectivity index (χ1) is 9.72. The van der Waals surface area contributed by atoms with Crippen molar-refractivity contribution in [3.8, 4) is 5.82 Å². The highest BCUT2D eigenvalue weighted by molar-refractivity contribution is 5.45. The molecule has 0 radical (unpaired) electrons. The minimum Gasteiger partial charge on any atom is -0.377 e. The van der Waals surface area contributed by atoms with Crippen LogP contribution in [0.25, 0.3) is 5.82 Å². The van der Waals surface area contributed by atoms with Gasteiger partial charge in [-0.15, -0.1) is 0 Å². The van der Waals surface area contributed by atoms with E-state index in [1.807, 2.05) is 50.0 Å². The Balaban J connectivity index is 1.72. The molecule has 3 heterocycles. The summed E-state index contributed by atoms with van der Waals surface area (Å²) < 4.78 is 3.53. The first-order valence-corrected chi connectivity index (χ1v) is 6.43. The van der Waals surface area contributed by atoms with Gasteiger partial charge in [0.05, 0.1) is 24.1 Å². The minimum absolute atomic E-state index is 0.182. The van der Waals surface area contributed by atoms with Crippen LogP contribution in [0.1, 0.15) is 18.5 Å². The van der Waals surface area contributed by atoms with Crippen molar-refractivity contribution in [2.45, 2.75) is 13.0 Å². The zero-order chi connectivity index (χ0) is 13.9. The Labute approximate surface area is 117 Å². The zero-order valence-corrected chi connectivity index (χ0v) is 11.4. The van der Waals surface area contributed by atoms with Gasteiger partial charge in [0, 0.05) is 31.2 Å². The molecule has 102 valence electrons. The lowest BCUT2D eigenvalue weighted by Gasteiger charge is -2.13. The second-order valence-electron chi connectivity index (χ2n) is 4.67. The molecule has 6 nitrogen and oxygen atoms in total. The van der Waals surface area contributed by atoms with Gasteiger partial charge in [0.2, 0.25) is 0 Å². The summed E-state index contributed by atoms with van der Waals surface area (Å²) >= 11 is 0. The molecule has 0 saturated carbocycles. The van der Waals surface area contributed by atoms with Crippen molar-refractivity contribution in [2.75, 3.05) is 5.32 Å². The molecule has 0 aromatic carbocycles. The summed E-state index contributed by atoms with van der Waals surface area (Å²) in [4.78, 5) is 4.39. The second-order valence-corrected chi connectivity index (χ2v) is 4.67. The molecule has 0 aliphatic rings. The molecule has 1 N–H and O–H groups in total. The summed E-state index contributed by atoms with van der Waals surface area (Å²) in [6.07, 6.45) is 9.28. The van der Waals surface area contributed by atoms with E-state index in [1.165, 1.54) is 0 Å². The molecule has 3 rings (SSSR count). The number of anilines is 1. The van der Waals surface area contributed by atoms with Crippen LogP contribution in [0.3, 0.4) is 0 Å². The fourth-order valence-corrected chi connectivity index (χ4v) is 2.01. The molecule has 1 unspecified atom stereocenters. The molecule has 3 aromatic rings. The molecule has 1 atom stereocenters. The van der Waals surface area contributed by atoms with Crippen molar-refractivity contribution in [1.29, 1.82) is 0 Å². The Kier molecular flexibility index (Phi) is 3.20. The van der Waals surface area contributed by atoms with Crippen LogP contribution >= 0.6 is 0 Å². The maximum absolute atomic E-state index is 4.39. The van der Waals surface area contributed by atoms with Crippen molar-refractivity contribution < 1.29 is 0 Å². The largest absolute Gasteiger partial charge is 0.377 e. The number of nitrogens with one attached hydrogen (secondary N) is 1. The van der Waals surface area contributed by atoms with E-state index in [-0.39, 0.29) is 6.04 Å². The van der Waals surface area contributed by atoms with Crippen LogP contribution in [-0.2, 0) is 7.05 Å². The normalized spacial score (nSPS) is 12.3. The fraction of sp³-hybridized carbons (Fsp3) is 0.214. The molecule has 0 amide bonds. The Morgan fingerprint density at radius 3 is 2.70 bits per heavy atom. The standard InChI is InChI=1S/C14H16N6/c1-11(12-8-17-19(2)10-12)18-13-4-5-14(15-9-13)20-7-3-6-16-20/h3-11,18H,1-2H3. The fourth-order valence-electron chi connectivity index (χ4n) is 2.01. The lowest BCUT2D eigenvalue weighted by atomic mass is 10.2. The Hall–Kier alpha value is -2.63. The average Bonchev–Trinajstić information content (AvgIpc) is 3.10. The van der Waals surface area contributed by atoms with Gasteiger partial charge in [-0.1, -0.05) is 0 Å². The lowest BCUT2D eigenvalue weighted by Crippen LogP contribution is -2.06. The van der Waals surface area contributed by atoms with Crippen LogP contribution in [0, 0.1) is 0 Å². The van der Waals surface area contributed by atoms with Crippen molar-refractivity contribution in [2.24, 2.45) is 7.05 Å². The highest BCUT2D eigenvalue weighted by Gasteiger charge is 2.07. The first kappa shape index (κ1) is 12.4.